The maximum atomic E-state index is 9.87. The van der Waals surface area contributed by atoms with Crippen LogP contribution in [0.5, 0.6) is 5.75 Å². The van der Waals surface area contributed by atoms with Gasteiger partial charge in [-0.15, -0.1) is 0 Å². The molecular weight excluding hydrogens is 294 g/mol. The average Bonchev–Trinajstić information content (AvgIpc) is 2.54. The molecule has 0 aliphatic rings. The third-order valence-corrected chi connectivity index (χ3v) is 3.40. The highest BCUT2D eigenvalue weighted by Gasteiger charge is 2.05. The van der Waals surface area contributed by atoms with Crippen LogP contribution in [0.15, 0.2) is 53.6 Å². The second kappa shape index (κ2) is 7.56. The summed E-state index contributed by atoms with van der Waals surface area (Å²) >= 11 is 5.19. The topological polar surface area (TPSA) is 56.7 Å². The van der Waals surface area contributed by atoms with Crippen LogP contribution >= 0.6 is 12.2 Å². The van der Waals surface area contributed by atoms with Crippen molar-refractivity contribution in [2.45, 2.75) is 20.4 Å². The number of benzene rings is 2. The molecule has 2 aromatic rings. The number of hydrazone groups is 1. The minimum absolute atomic E-state index is 0.205. The van der Waals surface area contributed by atoms with Gasteiger partial charge in [-0.2, -0.15) is 5.10 Å². The van der Waals surface area contributed by atoms with E-state index >= 15 is 0 Å². The van der Waals surface area contributed by atoms with Gasteiger partial charge in [0.1, 0.15) is 5.75 Å². The van der Waals surface area contributed by atoms with Gasteiger partial charge in [-0.25, -0.2) is 0 Å². The van der Waals surface area contributed by atoms with Gasteiger partial charge in [0.15, 0.2) is 5.11 Å². The van der Waals surface area contributed by atoms with Crippen LogP contribution in [0.25, 0.3) is 0 Å². The van der Waals surface area contributed by atoms with Crippen LogP contribution in [-0.2, 0) is 6.54 Å². The Morgan fingerprint density at radius 1 is 1.18 bits per heavy atom. The molecule has 0 spiro atoms. The number of hydrogen-bond acceptors (Lipinski definition) is 3. The Kier molecular flexibility index (Phi) is 5.49. The number of phenolic OH excluding ortho intramolecular Hbond substituents is 1. The molecule has 3 N–H and O–H groups in total. The molecule has 0 saturated heterocycles. The van der Waals surface area contributed by atoms with Crippen molar-refractivity contribution in [2.75, 3.05) is 0 Å². The van der Waals surface area contributed by atoms with Crippen molar-refractivity contribution in [3.05, 3.63) is 65.2 Å². The van der Waals surface area contributed by atoms with Crippen LogP contribution in [0.1, 0.15) is 23.6 Å². The van der Waals surface area contributed by atoms with Crippen molar-refractivity contribution in [3.8, 4) is 5.75 Å². The molecule has 0 fully saturated rings. The van der Waals surface area contributed by atoms with Crippen molar-refractivity contribution in [2.24, 2.45) is 5.10 Å². The van der Waals surface area contributed by atoms with Crippen LogP contribution < -0.4 is 10.7 Å². The Balaban J connectivity index is 1.93. The lowest BCUT2D eigenvalue weighted by Crippen LogP contribution is -2.32. The molecule has 0 unspecified atom stereocenters. The van der Waals surface area contributed by atoms with E-state index in [1.807, 2.05) is 56.3 Å². The number of aromatic hydroxyl groups is 1. The Labute approximate surface area is 135 Å². The molecule has 2 aromatic carbocycles. The first-order valence-electron chi connectivity index (χ1n) is 6.98. The molecule has 2 rings (SSSR count). The number of nitrogens with zero attached hydrogens (tertiary/aromatic N) is 1. The molecule has 0 amide bonds. The van der Waals surface area contributed by atoms with E-state index in [2.05, 4.69) is 15.8 Å². The Hall–Kier alpha value is -2.40. The largest absolute Gasteiger partial charge is 0.507 e. The van der Waals surface area contributed by atoms with Crippen molar-refractivity contribution in [1.29, 1.82) is 0 Å². The van der Waals surface area contributed by atoms with Crippen molar-refractivity contribution in [1.82, 2.24) is 10.7 Å². The lowest BCUT2D eigenvalue weighted by Gasteiger charge is -2.09. The summed E-state index contributed by atoms with van der Waals surface area (Å²) in [5, 5.41) is 17.6. The zero-order chi connectivity index (χ0) is 15.9. The van der Waals surface area contributed by atoms with Crippen LogP contribution in [0.4, 0.5) is 0 Å². The number of phenols is 1. The smallest absolute Gasteiger partial charge is 0.187 e. The van der Waals surface area contributed by atoms with Gasteiger partial charge in [-0.1, -0.05) is 42.0 Å². The summed E-state index contributed by atoms with van der Waals surface area (Å²) in [5.41, 5.74) is 6.36. The van der Waals surface area contributed by atoms with Crippen molar-refractivity contribution in [3.63, 3.8) is 0 Å². The second-order valence-corrected chi connectivity index (χ2v) is 5.41. The molecule has 114 valence electrons. The van der Waals surface area contributed by atoms with E-state index in [1.54, 1.807) is 6.07 Å². The molecule has 0 heterocycles. The van der Waals surface area contributed by atoms with Crippen molar-refractivity contribution < 1.29 is 5.11 Å². The molecule has 0 saturated carbocycles. The van der Waals surface area contributed by atoms with Gasteiger partial charge in [0.25, 0.3) is 0 Å². The van der Waals surface area contributed by atoms with Crippen molar-refractivity contribution >= 4 is 23.0 Å². The molecule has 0 aliphatic heterocycles. The minimum Gasteiger partial charge on any atom is -0.507 e. The summed E-state index contributed by atoms with van der Waals surface area (Å²) in [6.07, 6.45) is 0. The van der Waals surface area contributed by atoms with Gasteiger partial charge < -0.3 is 10.4 Å². The number of aryl methyl sites for hydroxylation is 1. The lowest BCUT2D eigenvalue weighted by atomic mass is 10.1. The molecule has 5 heteroatoms. The number of thiocarbonyl (C=S) groups is 1. The van der Waals surface area contributed by atoms with Gasteiger partial charge in [-0.3, -0.25) is 5.43 Å². The Bertz CT molecular complexity index is 684. The first-order valence-corrected chi connectivity index (χ1v) is 7.39. The molecule has 22 heavy (non-hydrogen) atoms. The minimum atomic E-state index is 0.205. The highest BCUT2D eigenvalue weighted by molar-refractivity contribution is 7.80. The third kappa shape index (κ3) is 4.56. The molecule has 0 radical (unpaired) electrons. The van der Waals surface area contributed by atoms with Gasteiger partial charge in [-0.05, 0) is 43.8 Å². The first kappa shape index (κ1) is 16.0. The molecule has 0 aliphatic carbocycles. The number of rotatable bonds is 4. The Morgan fingerprint density at radius 3 is 2.64 bits per heavy atom. The van der Waals surface area contributed by atoms with Gasteiger partial charge in [0.2, 0.25) is 0 Å². The van der Waals surface area contributed by atoms with Crippen LogP contribution in [-0.4, -0.2) is 15.9 Å². The van der Waals surface area contributed by atoms with E-state index in [0.29, 0.717) is 22.9 Å². The highest BCUT2D eigenvalue weighted by Crippen LogP contribution is 2.18. The molecule has 4 nitrogen and oxygen atoms in total. The predicted octanol–water partition coefficient (Wildman–Crippen LogP) is 3.09. The summed E-state index contributed by atoms with van der Waals surface area (Å²) in [6.45, 7) is 4.42. The summed E-state index contributed by atoms with van der Waals surface area (Å²) in [7, 11) is 0. The molecule has 0 bridgehead atoms. The maximum absolute atomic E-state index is 9.87. The van der Waals surface area contributed by atoms with Gasteiger partial charge in [0, 0.05) is 12.1 Å². The van der Waals surface area contributed by atoms with E-state index < -0.39 is 0 Å². The zero-order valence-electron chi connectivity index (χ0n) is 12.6. The average molecular weight is 313 g/mol. The van der Waals surface area contributed by atoms with Gasteiger partial charge in [0.05, 0.1) is 5.71 Å². The third-order valence-electron chi connectivity index (χ3n) is 3.16. The number of hydrogen-bond donors (Lipinski definition) is 3. The molecule has 0 aromatic heterocycles. The summed E-state index contributed by atoms with van der Waals surface area (Å²) in [6, 6.07) is 15.4. The lowest BCUT2D eigenvalue weighted by molar-refractivity contribution is 0.474. The first-order chi connectivity index (χ1) is 10.6. The predicted molar refractivity (Wildman–Crippen MR) is 94.1 cm³/mol. The number of nitrogens with one attached hydrogen (secondary N) is 2. The van der Waals surface area contributed by atoms with E-state index in [9.17, 15) is 5.11 Å². The Morgan fingerprint density at radius 2 is 1.91 bits per heavy atom. The second-order valence-electron chi connectivity index (χ2n) is 5.00. The monoisotopic (exact) mass is 313 g/mol. The van der Waals surface area contributed by atoms with E-state index in [-0.39, 0.29) is 5.75 Å². The standard InChI is InChI=1S/C17H19N3OS/c1-12-8-9-16(21)15(10-12)13(2)19-20-17(22)18-11-14-6-4-3-5-7-14/h3-10,21H,11H2,1-2H3,(H2,18,20,22)/b19-13+. The summed E-state index contributed by atoms with van der Waals surface area (Å²) in [4.78, 5) is 0. The van der Waals surface area contributed by atoms with Crippen LogP contribution in [0.3, 0.4) is 0 Å². The quantitative estimate of drug-likeness (QED) is 0.461. The maximum Gasteiger partial charge on any atom is 0.187 e. The fraction of sp³-hybridized carbons (Fsp3) is 0.176. The zero-order valence-corrected chi connectivity index (χ0v) is 13.4. The summed E-state index contributed by atoms with van der Waals surface area (Å²) < 4.78 is 0. The fourth-order valence-corrected chi connectivity index (χ4v) is 2.07. The fourth-order valence-electron chi connectivity index (χ4n) is 1.95. The normalized spacial score (nSPS) is 11.1. The van der Waals surface area contributed by atoms with E-state index in [0.717, 1.165) is 11.1 Å². The summed E-state index contributed by atoms with van der Waals surface area (Å²) in [5.74, 6) is 0.205. The van der Waals surface area contributed by atoms with E-state index in [4.69, 9.17) is 12.2 Å². The van der Waals surface area contributed by atoms with Crippen LogP contribution in [0, 0.1) is 6.92 Å². The SMILES string of the molecule is C/C(=N\NC(=S)NCc1ccccc1)c1cc(C)ccc1O. The van der Waals surface area contributed by atoms with Crippen LogP contribution in [0.2, 0.25) is 0 Å². The highest BCUT2D eigenvalue weighted by atomic mass is 32.1. The van der Waals surface area contributed by atoms with Gasteiger partial charge >= 0.3 is 0 Å². The molecular formula is C17H19N3OS. The molecule has 0 atom stereocenters. The van der Waals surface area contributed by atoms with E-state index in [1.165, 1.54) is 0 Å².